The normalized spacial score (nSPS) is 13.0. The highest BCUT2D eigenvalue weighted by Gasteiger charge is 2.29. The molecular formula is C11H14N2O4S2. The standard InChI is InChI=1S/C11H14N2O4S2/c1-7(2)10(11(14)17-3)13-19(15,16)9-5-4-8(6-12)18-9/h4-5,7,10,13H,1-3H3. The zero-order valence-corrected chi connectivity index (χ0v) is 12.3. The lowest BCUT2D eigenvalue weighted by molar-refractivity contribution is -0.143. The van der Waals surface area contributed by atoms with E-state index >= 15 is 0 Å². The van der Waals surface area contributed by atoms with Crippen LogP contribution < -0.4 is 4.72 Å². The molecule has 1 unspecified atom stereocenters. The molecule has 0 saturated carbocycles. The van der Waals surface area contributed by atoms with Crippen molar-refractivity contribution in [1.29, 1.82) is 5.26 Å². The summed E-state index contributed by atoms with van der Waals surface area (Å²) in [6.07, 6.45) is 0. The summed E-state index contributed by atoms with van der Waals surface area (Å²) < 4.78 is 31.0. The fourth-order valence-electron chi connectivity index (χ4n) is 1.33. The fourth-order valence-corrected chi connectivity index (χ4v) is 3.79. The van der Waals surface area contributed by atoms with Crippen LogP contribution in [0.2, 0.25) is 0 Å². The number of carbonyl (C=O) groups excluding carboxylic acids is 1. The van der Waals surface area contributed by atoms with Gasteiger partial charge in [0.15, 0.2) is 0 Å². The zero-order valence-electron chi connectivity index (χ0n) is 10.7. The Labute approximate surface area is 116 Å². The Morgan fingerprint density at radius 2 is 2.11 bits per heavy atom. The maximum atomic E-state index is 12.1. The number of nitrogens with one attached hydrogen (secondary N) is 1. The fraction of sp³-hybridized carbons (Fsp3) is 0.455. The SMILES string of the molecule is COC(=O)C(NS(=O)(=O)c1ccc(C#N)s1)C(C)C. The lowest BCUT2D eigenvalue weighted by atomic mass is 10.1. The van der Waals surface area contributed by atoms with Crippen molar-refractivity contribution in [2.75, 3.05) is 7.11 Å². The van der Waals surface area contributed by atoms with Crippen molar-refractivity contribution in [1.82, 2.24) is 4.72 Å². The molecule has 0 bridgehead atoms. The molecule has 0 spiro atoms. The number of hydrogen-bond acceptors (Lipinski definition) is 6. The molecule has 0 saturated heterocycles. The molecule has 0 fully saturated rings. The molecule has 1 N–H and O–H groups in total. The van der Waals surface area contributed by atoms with Crippen LogP contribution in [0.15, 0.2) is 16.3 Å². The van der Waals surface area contributed by atoms with E-state index in [-0.39, 0.29) is 10.1 Å². The van der Waals surface area contributed by atoms with E-state index in [4.69, 9.17) is 5.26 Å². The summed E-state index contributed by atoms with van der Waals surface area (Å²) in [6.45, 7) is 3.42. The molecule has 1 rings (SSSR count). The molecule has 1 aromatic rings. The van der Waals surface area contributed by atoms with E-state index in [1.54, 1.807) is 13.8 Å². The van der Waals surface area contributed by atoms with Crippen molar-refractivity contribution in [2.24, 2.45) is 5.92 Å². The van der Waals surface area contributed by atoms with Crippen LogP contribution in [0.5, 0.6) is 0 Å². The highest BCUT2D eigenvalue weighted by Crippen LogP contribution is 2.21. The quantitative estimate of drug-likeness (QED) is 0.821. The summed E-state index contributed by atoms with van der Waals surface area (Å²) in [6, 6.07) is 3.66. The zero-order chi connectivity index (χ0) is 14.6. The van der Waals surface area contributed by atoms with Gasteiger partial charge in [0.05, 0.1) is 7.11 Å². The Kier molecular flexibility index (Phi) is 5.05. The monoisotopic (exact) mass is 302 g/mol. The highest BCUT2D eigenvalue weighted by molar-refractivity contribution is 7.91. The summed E-state index contributed by atoms with van der Waals surface area (Å²) in [4.78, 5) is 11.8. The van der Waals surface area contributed by atoms with Crippen molar-refractivity contribution in [3.63, 3.8) is 0 Å². The number of esters is 1. The van der Waals surface area contributed by atoms with E-state index in [0.29, 0.717) is 4.88 Å². The molecule has 1 heterocycles. The summed E-state index contributed by atoms with van der Waals surface area (Å²) in [5.41, 5.74) is 0. The van der Waals surface area contributed by atoms with Crippen molar-refractivity contribution >= 4 is 27.3 Å². The number of methoxy groups -OCH3 is 1. The van der Waals surface area contributed by atoms with Gasteiger partial charge in [0.25, 0.3) is 10.0 Å². The first-order valence-electron chi connectivity index (χ1n) is 5.42. The molecule has 0 amide bonds. The smallest absolute Gasteiger partial charge is 0.324 e. The van der Waals surface area contributed by atoms with Crippen LogP contribution in [-0.2, 0) is 19.6 Å². The first kappa shape index (κ1) is 15.6. The van der Waals surface area contributed by atoms with Gasteiger partial charge in [-0.05, 0) is 18.1 Å². The third-order valence-electron chi connectivity index (χ3n) is 2.36. The van der Waals surface area contributed by atoms with Gasteiger partial charge < -0.3 is 4.74 Å². The third kappa shape index (κ3) is 3.76. The minimum Gasteiger partial charge on any atom is -0.468 e. The Balaban J connectivity index is 3.01. The Hall–Kier alpha value is -1.43. The van der Waals surface area contributed by atoms with Crippen molar-refractivity contribution in [2.45, 2.75) is 24.1 Å². The molecule has 0 radical (unpaired) electrons. The molecule has 19 heavy (non-hydrogen) atoms. The van der Waals surface area contributed by atoms with Crippen LogP contribution in [0.3, 0.4) is 0 Å². The number of thiophene rings is 1. The maximum absolute atomic E-state index is 12.1. The highest BCUT2D eigenvalue weighted by atomic mass is 32.2. The first-order valence-corrected chi connectivity index (χ1v) is 7.72. The summed E-state index contributed by atoms with van der Waals surface area (Å²) in [7, 11) is -2.63. The van der Waals surface area contributed by atoms with Crippen LogP contribution >= 0.6 is 11.3 Å². The average molecular weight is 302 g/mol. The van der Waals surface area contributed by atoms with E-state index in [9.17, 15) is 13.2 Å². The van der Waals surface area contributed by atoms with Gasteiger partial charge in [-0.3, -0.25) is 4.79 Å². The molecule has 6 nitrogen and oxygen atoms in total. The van der Waals surface area contributed by atoms with E-state index in [1.807, 2.05) is 6.07 Å². The molecule has 0 aliphatic rings. The lowest BCUT2D eigenvalue weighted by Gasteiger charge is -2.19. The van der Waals surface area contributed by atoms with E-state index < -0.39 is 22.0 Å². The topological polar surface area (TPSA) is 96.3 Å². The van der Waals surface area contributed by atoms with Crippen molar-refractivity contribution in [3.05, 3.63) is 17.0 Å². The molecule has 1 atom stereocenters. The maximum Gasteiger partial charge on any atom is 0.324 e. The number of hydrogen-bond donors (Lipinski definition) is 1. The predicted molar refractivity (Wildman–Crippen MR) is 70.0 cm³/mol. The van der Waals surface area contributed by atoms with Crippen LogP contribution in [0.25, 0.3) is 0 Å². The van der Waals surface area contributed by atoms with Gasteiger partial charge in [0, 0.05) is 0 Å². The molecule has 0 aliphatic heterocycles. The van der Waals surface area contributed by atoms with Gasteiger partial charge in [0.2, 0.25) is 0 Å². The van der Waals surface area contributed by atoms with Gasteiger partial charge in [-0.25, -0.2) is 8.42 Å². The Morgan fingerprint density at radius 3 is 2.53 bits per heavy atom. The van der Waals surface area contributed by atoms with Crippen LogP contribution in [0.1, 0.15) is 18.7 Å². The second-order valence-corrected chi connectivity index (χ2v) is 7.12. The van der Waals surface area contributed by atoms with E-state index in [2.05, 4.69) is 9.46 Å². The largest absolute Gasteiger partial charge is 0.468 e. The number of ether oxygens (including phenoxy) is 1. The minimum absolute atomic E-state index is 0.00129. The van der Waals surface area contributed by atoms with Crippen LogP contribution in [0, 0.1) is 17.2 Å². The summed E-state index contributed by atoms with van der Waals surface area (Å²) in [5.74, 6) is -0.895. The third-order valence-corrected chi connectivity index (χ3v) is 5.28. The number of sulfonamides is 1. The number of nitrogens with zero attached hydrogens (tertiary/aromatic N) is 1. The van der Waals surface area contributed by atoms with Gasteiger partial charge in [-0.15, -0.1) is 11.3 Å². The van der Waals surface area contributed by atoms with E-state index in [0.717, 1.165) is 11.3 Å². The second-order valence-electron chi connectivity index (χ2n) is 4.10. The van der Waals surface area contributed by atoms with Crippen LogP contribution in [0.4, 0.5) is 0 Å². The molecular weight excluding hydrogens is 288 g/mol. The Morgan fingerprint density at radius 1 is 1.47 bits per heavy atom. The van der Waals surface area contributed by atoms with Gasteiger partial charge >= 0.3 is 5.97 Å². The predicted octanol–water partition coefficient (Wildman–Crippen LogP) is 1.10. The number of carbonyl (C=O) groups is 1. The van der Waals surface area contributed by atoms with Gasteiger partial charge in [-0.2, -0.15) is 9.98 Å². The number of rotatable bonds is 5. The average Bonchev–Trinajstić information content (AvgIpc) is 2.84. The molecule has 8 heteroatoms. The summed E-state index contributed by atoms with van der Waals surface area (Å²) in [5, 5.41) is 8.68. The molecule has 0 aliphatic carbocycles. The molecule has 104 valence electrons. The van der Waals surface area contributed by atoms with Crippen LogP contribution in [-0.4, -0.2) is 27.5 Å². The Bertz CT molecular complexity index is 598. The first-order chi connectivity index (χ1) is 8.81. The van der Waals surface area contributed by atoms with Crippen molar-refractivity contribution < 1.29 is 17.9 Å². The molecule has 1 aromatic heterocycles. The lowest BCUT2D eigenvalue weighted by Crippen LogP contribution is -2.44. The van der Waals surface area contributed by atoms with E-state index in [1.165, 1.54) is 19.2 Å². The summed E-state index contributed by atoms with van der Waals surface area (Å²) >= 11 is 0.849. The molecule has 0 aromatic carbocycles. The second kappa shape index (κ2) is 6.14. The number of nitriles is 1. The van der Waals surface area contributed by atoms with Gasteiger partial charge in [-0.1, -0.05) is 13.8 Å². The van der Waals surface area contributed by atoms with Gasteiger partial charge in [0.1, 0.15) is 21.2 Å². The van der Waals surface area contributed by atoms with Crippen molar-refractivity contribution in [3.8, 4) is 6.07 Å². The minimum atomic E-state index is -3.83.